The molecule has 1 atom stereocenters. The number of fused-ring (bicyclic) bond motifs is 1. The maximum atomic E-state index is 5.77. The average molecular weight is 180 g/mol. The highest BCUT2D eigenvalue weighted by atomic mass is 16.5. The molecular weight excluding hydrogens is 164 g/mol. The topological polar surface area (TPSA) is 37.9 Å². The van der Waals surface area contributed by atoms with Gasteiger partial charge in [0.15, 0.2) is 0 Å². The van der Waals surface area contributed by atoms with Crippen molar-refractivity contribution in [2.24, 2.45) is 5.41 Å². The zero-order valence-electron chi connectivity index (χ0n) is 8.42. The van der Waals surface area contributed by atoms with Crippen LogP contribution in [0, 0.1) is 5.41 Å². The van der Waals surface area contributed by atoms with Crippen molar-refractivity contribution in [1.82, 2.24) is 10.2 Å². The molecule has 1 aliphatic heterocycles. The van der Waals surface area contributed by atoms with Crippen molar-refractivity contribution in [2.45, 2.75) is 39.9 Å². The van der Waals surface area contributed by atoms with Crippen molar-refractivity contribution in [2.75, 3.05) is 0 Å². The number of nitrogens with one attached hydrogen (secondary N) is 1. The Labute approximate surface area is 78.5 Å². The first-order valence-electron chi connectivity index (χ1n) is 4.70. The van der Waals surface area contributed by atoms with Crippen molar-refractivity contribution in [3.8, 4) is 0 Å². The van der Waals surface area contributed by atoms with Crippen LogP contribution < -0.4 is 0 Å². The van der Waals surface area contributed by atoms with Crippen LogP contribution in [0.4, 0.5) is 0 Å². The number of aromatic nitrogens is 2. The molecule has 13 heavy (non-hydrogen) atoms. The number of hydrogen-bond acceptors (Lipinski definition) is 2. The van der Waals surface area contributed by atoms with E-state index in [-0.39, 0.29) is 5.41 Å². The lowest BCUT2D eigenvalue weighted by Gasteiger charge is -2.33. The van der Waals surface area contributed by atoms with Gasteiger partial charge in [0, 0.05) is 17.7 Å². The molecular formula is C10H16N2O. The summed E-state index contributed by atoms with van der Waals surface area (Å²) in [6, 6.07) is 0. The fourth-order valence-electron chi connectivity index (χ4n) is 1.63. The Morgan fingerprint density at radius 1 is 1.54 bits per heavy atom. The van der Waals surface area contributed by atoms with Gasteiger partial charge in [0.1, 0.15) is 0 Å². The third-order valence-corrected chi connectivity index (χ3v) is 2.60. The van der Waals surface area contributed by atoms with Gasteiger partial charge in [0.05, 0.1) is 18.9 Å². The van der Waals surface area contributed by atoms with E-state index in [1.165, 1.54) is 11.3 Å². The molecule has 1 aromatic heterocycles. The number of ether oxygens (including phenoxy) is 1. The Kier molecular flexibility index (Phi) is 1.91. The lowest BCUT2D eigenvalue weighted by atomic mass is 9.85. The monoisotopic (exact) mass is 180 g/mol. The van der Waals surface area contributed by atoms with Crippen molar-refractivity contribution < 1.29 is 4.74 Å². The van der Waals surface area contributed by atoms with Crippen molar-refractivity contribution in [3.05, 3.63) is 17.5 Å². The standard InChI is InChI=1S/C10H16N2O/c1-10(2,3)9-4-8-7(6-13-9)5-11-12-8/h5,9H,4,6H2,1-3H3,(H,11,12). The molecule has 1 aliphatic rings. The molecule has 1 unspecified atom stereocenters. The highest BCUT2D eigenvalue weighted by Gasteiger charge is 2.30. The third kappa shape index (κ3) is 1.61. The number of aromatic amines is 1. The van der Waals surface area contributed by atoms with E-state index in [1.54, 1.807) is 0 Å². The molecule has 0 fully saturated rings. The van der Waals surface area contributed by atoms with Gasteiger partial charge in [-0.25, -0.2) is 0 Å². The van der Waals surface area contributed by atoms with E-state index >= 15 is 0 Å². The Bertz CT molecular complexity index is 298. The molecule has 1 aromatic rings. The Hall–Kier alpha value is -0.830. The molecule has 0 saturated carbocycles. The molecule has 3 nitrogen and oxygen atoms in total. The maximum absolute atomic E-state index is 5.77. The molecule has 2 heterocycles. The molecule has 0 bridgehead atoms. The molecule has 0 radical (unpaired) electrons. The first-order chi connectivity index (χ1) is 6.07. The molecule has 0 aromatic carbocycles. The van der Waals surface area contributed by atoms with Crippen LogP contribution in [0.1, 0.15) is 32.0 Å². The zero-order valence-corrected chi connectivity index (χ0v) is 8.42. The summed E-state index contributed by atoms with van der Waals surface area (Å²) in [5.41, 5.74) is 2.66. The first-order valence-corrected chi connectivity index (χ1v) is 4.70. The van der Waals surface area contributed by atoms with Crippen molar-refractivity contribution >= 4 is 0 Å². The van der Waals surface area contributed by atoms with Gasteiger partial charge in [-0.05, 0) is 5.41 Å². The van der Waals surface area contributed by atoms with Crippen molar-refractivity contribution in [3.63, 3.8) is 0 Å². The van der Waals surface area contributed by atoms with Gasteiger partial charge in [-0.1, -0.05) is 20.8 Å². The highest BCUT2D eigenvalue weighted by molar-refractivity contribution is 5.18. The van der Waals surface area contributed by atoms with E-state index < -0.39 is 0 Å². The van der Waals surface area contributed by atoms with Crippen molar-refractivity contribution in [1.29, 1.82) is 0 Å². The fourth-order valence-corrected chi connectivity index (χ4v) is 1.63. The van der Waals surface area contributed by atoms with Gasteiger partial charge < -0.3 is 4.74 Å². The molecule has 72 valence electrons. The summed E-state index contributed by atoms with van der Waals surface area (Å²) in [7, 11) is 0. The first kappa shape index (κ1) is 8.75. The number of H-pyrrole nitrogens is 1. The molecule has 0 aliphatic carbocycles. The van der Waals surface area contributed by atoms with Crippen LogP contribution in [0.15, 0.2) is 6.20 Å². The molecule has 0 amide bonds. The summed E-state index contributed by atoms with van der Waals surface area (Å²) < 4.78 is 5.77. The second kappa shape index (κ2) is 2.84. The lowest BCUT2D eigenvalue weighted by Crippen LogP contribution is -2.34. The summed E-state index contributed by atoms with van der Waals surface area (Å²) in [5, 5.41) is 7.04. The van der Waals surface area contributed by atoms with Crippen LogP contribution in [-0.4, -0.2) is 16.3 Å². The Morgan fingerprint density at radius 3 is 3.00 bits per heavy atom. The minimum Gasteiger partial charge on any atom is -0.372 e. The second-order valence-electron chi connectivity index (χ2n) is 4.74. The normalized spacial score (nSPS) is 22.8. The van der Waals surface area contributed by atoms with Gasteiger partial charge in [-0.15, -0.1) is 0 Å². The molecule has 0 spiro atoms. The third-order valence-electron chi connectivity index (χ3n) is 2.60. The van der Waals surface area contributed by atoms with Gasteiger partial charge in [-0.2, -0.15) is 5.10 Å². The SMILES string of the molecule is CC(C)(C)C1Cc2[nH]ncc2CO1. The van der Waals surface area contributed by atoms with Crippen LogP contribution >= 0.6 is 0 Å². The smallest absolute Gasteiger partial charge is 0.0754 e. The maximum Gasteiger partial charge on any atom is 0.0754 e. The minimum absolute atomic E-state index is 0.211. The Balaban J connectivity index is 2.18. The van der Waals surface area contributed by atoms with E-state index in [1.807, 2.05) is 6.20 Å². The van der Waals surface area contributed by atoms with Crippen LogP contribution in [-0.2, 0) is 17.8 Å². The number of hydrogen-bond donors (Lipinski definition) is 1. The van der Waals surface area contributed by atoms with Gasteiger partial charge in [0.2, 0.25) is 0 Å². The minimum atomic E-state index is 0.211. The number of rotatable bonds is 0. The van der Waals surface area contributed by atoms with E-state index in [0.29, 0.717) is 12.7 Å². The summed E-state index contributed by atoms with van der Waals surface area (Å²) in [5.74, 6) is 0. The quantitative estimate of drug-likeness (QED) is 0.662. The largest absolute Gasteiger partial charge is 0.372 e. The van der Waals surface area contributed by atoms with Gasteiger partial charge >= 0.3 is 0 Å². The second-order valence-corrected chi connectivity index (χ2v) is 4.74. The highest BCUT2D eigenvalue weighted by Crippen LogP contribution is 2.30. The fraction of sp³-hybridized carbons (Fsp3) is 0.700. The molecule has 0 saturated heterocycles. The number of nitrogens with zero attached hydrogens (tertiary/aromatic N) is 1. The van der Waals surface area contributed by atoms with E-state index in [9.17, 15) is 0 Å². The predicted octanol–water partition coefficient (Wildman–Crippen LogP) is 1.90. The van der Waals surface area contributed by atoms with E-state index in [4.69, 9.17) is 4.74 Å². The van der Waals surface area contributed by atoms with E-state index in [2.05, 4.69) is 31.0 Å². The van der Waals surface area contributed by atoms with Crippen LogP contribution in [0.3, 0.4) is 0 Å². The van der Waals surface area contributed by atoms with E-state index in [0.717, 1.165) is 6.42 Å². The van der Waals surface area contributed by atoms with Gasteiger partial charge in [0.25, 0.3) is 0 Å². The average Bonchev–Trinajstić information content (AvgIpc) is 2.47. The predicted molar refractivity (Wildman–Crippen MR) is 50.3 cm³/mol. The lowest BCUT2D eigenvalue weighted by molar-refractivity contribution is -0.0380. The summed E-state index contributed by atoms with van der Waals surface area (Å²) in [6.45, 7) is 7.32. The molecule has 3 heteroatoms. The van der Waals surface area contributed by atoms with Gasteiger partial charge in [-0.3, -0.25) is 5.10 Å². The summed E-state index contributed by atoms with van der Waals surface area (Å²) in [4.78, 5) is 0. The zero-order chi connectivity index (χ0) is 9.47. The van der Waals surface area contributed by atoms with Crippen LogP contribution in [0.2, 0.25) is 0 Å². The molecule has 2 rings (SSSR count). The summed E-state index contributed by atoms with van der Waals surface area (Å²) in [6.07, 6.45) is 3.12. The Morgan fingerprint density at radius 2 is 2.31 bits per heavy atom. The van der Waals surface area contributed by atoms with Crippen LogP contribution in [0.5, 0.6) is 0 Å². The summed E-state index contributed by atoms with van der Waals surface area (Å²) >= 11 is 0. The van der Waals surface area contributed by atoms with Crippen LogP contribution in [0.25, 0.3) is 0 Å². The molecule has 1 N–H and O–H groups in total.